The zero-order valence-corrected chi connectivity index (χ0v) is 20.8. The lowest BCUT2D eigenvalue weighted by atomic mass is 9.92. The van der Waals surface area contributed by atoms with Crippen molar-refractivity contribution >= 4 is 23.4 Å². The van der Waals surface area contributed by atoms with Crippen LogP contribution in [0.15, 0.2) is 69.8 Å². The SMILES string of the molecule is CCCC1=C(C(=O)OCC)[C@@H](c2ccc(C(C)C)cc2)n2c(s/c(=C\c3cccnc3)c2=O)=N1. The van der Waals surface area contributed by atoms with Crippen molar-refractivity contribution < 1.29 is 9.53 Å². The van der Waals surface area contributed by atoms with E-state index in [2.05, 4.69) is 37.9 Å². The van der Waals surface area contributed by atoms with Crippen LogP contribution in [0, 0.1) is 0 Å². The zero-order chi connectivity index (χ0) is 24.2. The molecule has 0 unspecified atom stereocenters. The summed E-state index contributed by atoms with van der Waals surface area (Å²) in [4.78, 5) is 36.4. The number of nitrogens with zero attached hydrogens (tertiary/aromatic N) is 3. The molecule has 7 heteroatoms. The van der Waals surface area contributed by atoms with Gasteiger partial charge in [0.15, 0.2) is 4.80 Å². The molecule has 0 aliphatic carbocycles. The molecule has 0 saturated heterocycles. The number of benzene rings is 1. The van der Waals surface area contributed by atoms with Gasteiger partial charge in [-0.25, -0.2) is 9.79 Å². The van der Waals surface area contributed by atoms with Crippen molar-refractivity contribution in [2.24, 2.45) is 4.99 Å². The van der Waals surface area contributed by atoms with E-state index in [9.17, 15) is 9.59 Å². The summed E-state index contributed by atoms with van der Waals surface area (Å²) < 4.78 is 7.64. The second-order valence-corrected chi connectivity index (χ2v) is 9.53. The van der Waals surface area contributed by atoms with Gasteiger partial charge in [0.05, 0.1) is 28.5 Å². The summed E-state index contributed by atoms with van der Waals surface area (Å²) in [6.45, 7) is 8.37. The first-order valence-electron chi connectivity index (χ1n) is 11.7. The summed E-state index contributed by atoms with van der Waals surface area (Å²) in [5.41, 5.74) is 3.86. The Morgan fingerprint density at radius 3 is 2.59 bits per heavy atom. The van der Waals surface area contributed by atoms with Gasteiger partial charge in [0, 0.05) is 12.4 Å². The molecule has 34 heavy (non-hydrogen) atoms. The van der Waals surface area contributed by atoms with Crippen LogP contribution in [0.2, 0.25) is 0 Å². The molecule has 4 rings (SSSR count). The lowest BCUT2D eigenvalue weighted by molar-refractivity contribution is -0.139. The van der Waals surface area contributed by atoms with E-state index in [1.165, 1.54) is 16.9 Å². The summed E-state index contributed by atoms with van der Waals surface area (Å²) in [6, 6.07) is 11.3. The fourth-order valence-corrected chi connectivity index (χ4v) is 5.13. The second kappa shape index (κ2) is 10.3. The first kappa shape index (κ1) is 23.8. The molecular formula is C27H29N3O3S. The topological polar surface area (TPSA) is 73.6 Å². The molecule has 2 aromatic heterocycles. The lowest BCUT2D eigenvalue weighted by Crippen LogP contribution is -2.40. The highest BCUT2D eigenvalue weighted by Gasteiger charge is 2.34. The molecule has 0 N–H and O–H groups in total. The first-order chi connectivity index (χ1) is 16.4. The number of allylic oxidation sites excluding steroid dienone is 1. The molecule has 3 aromatic rings. The monoisotopic (exact) mass is 475 g/mol. The smallest absolute Gasteiger partial charge is 0.338 e. The maximum Gasteiger partial charge on any atom is 0.338 e. The molecule has 6 nitrogen and oxygen atoms in total. The van der Waals surface area contributed by atoms with Crippen LogP contribution in [0.4, 0.5) is 0 Å². The molecule has 1 aromatic carbocycles. The maximum atomic E-state index is 13.7. The van der Waals surface area contributed by atoms with Crippen LogP contribution in [0.25, 0.3) is 6.08 Å². The van der Waals surface area contributed by atoms with Crippen molar-refractivity contribution in [3.8, 4) is 0 Å². The normalized spacial score (nSPS) is 15.9. The Hall–Kier alpha value is -3.32. The van der Waals surface area contributed by atoms with Crippen LogP contribution >= 0.6 is 11.3 Å². The molecule has 0 saturated carbocycles. The molecular weight excluding hydrogens is 446 g/mol. The summed E-state index contributed by atoms with van der Waals surface area (Å²) in [5.74, 6) is -0.0413. The van der Waals surface area contributed by atoms with Crippen LogP contribution < -0.4 is 14.9 Å². The van der Waals surface area contributed by atoms with E-state index >= 15 is 0 Å². The van der Waals surface area contributed by atoms with Gasteiger partial charge in [-0.15, -0.1) is 0 Å². The number of rotatable bonds is 7. The number of esters is 1. The second-order valence-electron chi connectivity index (χ2n) is 8.52. The Morgan fingerprint density at radius 1 is 1.21 bits per heavy atom. The quantitative estimate of drug-likeness (QED) is 0.483. The highest BCUT2D eigenvalue weighted by atomic mass is 32.1. The number of thiazole rings is 1. The number of fused-ring (bicyclic) bond motifs is 1. The first-order valence-corrected chi connectivity index (χ1v) is 12.5. The Kier molecular flexibility index (Phi) is 7.22. The highest BCUT2D eigenvalue weighted by molar-refractivity contribution is 7.07. The third-order valence-electron chi connectivity index (χ3n) is 5.79. The van der Waals surface area contributed by atoms with Crippen LogP contribution in [-0.4, -0.2) is 22.1 Å². The van der Waals surface area contributed by atoms with Crippen molar-refractivity contribution in [3.05, 3.63) is 96.4 Å². The minimum absolute atomic E-state index is 0.178. The molecule has 1 aliphatic heterocycles. The van der Waals surface area contributed by atoms with E-state index in [0.717, 1.165) is 17.5 Å². The van der Waals surface area contributed by atoms with E-state index in [1.54, 1.807) is 23.9 Å². The number of pyridine rings is 1. The predicted octanol–water partition coefficient (Wildman–Crippen LogP) is 4.10. The Labute approximate surface area is 203 Å². The molecule has 0 fully saturated rings. The molecule has 3 heterocycles. The van der Waals surface area contributed by atoms with Crippen molar-refractivity contribution in [1.29, 1.82) is 0 Å². The van der Waals surface area contributed by atoms with Crippen LogP contribution in [0.1, 0.15) is 69.2 Å². The van der Waals surface area contributed by atoms with E-state index in [-0.39, 0.29) is 12.2 Å². The largest absolute Gasteiger partial charge is 0.463 e. The van der Waals surface area contributed by atoms with E-state index in [1.807, 2.05) is 30.3 Å². The van der Waals surface area contributed by atoms with Gasteiger partial charge < -0.3 is 4.74 Å². The number of carbonyl (C=O) groups is 1. The van der Waals surface area contributed by atoms with Gasteiger partial charge in [0.1, 0.15) is 0 Å². The zero-order valence-electron chi connectivity index (χ0n) is 19.9. The maximum absolute atomic E-state index is 13.7. The fraction of sp³-hybridized carbons (Fsp3) is 0.333. The van der Waals surface area contributed by atoms with Gasteiger partial charge >= 0.3 is 5.97 Å². The summed E-state index contributed by atoms with van der Waals surface area (Å²) >= 11 is 1.33. The number of aromatic nitrogens is 2. The third-order valence-corrected chi connectivity index (χ3v) is 6.78. The summed E-state index contributed by atoms with van der Waals surface area (Å²) in [7, 11) is 0. The molecule has 1 aliphatic rings. The average Bonchev–Trinajstić information content (AvgIpc) is 3.14. The van der Waals surface area contributed by atoms with Crippen molar-refractivity contribution in [1.82, 2.24) is 9.55 Å². The highest BCUT2D eigenvalue weighted by Crippen LogP contribution is 2.33. The van der Waals surface area contributed by atoms with Gasteiger partial charge in [-0.1, -0.05) is 68.9 Å². The molecule has 176 valence electrons. The Balaban J connectivity index is 1.98. The molecule has 1 atom stereocenters. The van der Waals surface area contributed by atoms with Gasteiger partial charge in [0.25, 0.3) is 5.56 Å². The van der Waals surface area contributed by atoms with Crippen molar-refractivity contribution in [2.75, 3.05) is 6.61 Å². The van der Waals surface area contributed by atoms with Crippen molar-refractivity contribution in [2.45, 2.75) is 52.5 Å². The van der Waals surface area contributed by atoms with Gasteiger partial charge in [-0.2, -0.15) is 0 Å². The minimum atomic E-state index is -0.589. The lowest BCUT2D eigenvalue weighted by Gasteiger charge is -2.26. The number of hydrogen-bond donors (Lipinski definition) is 0. The van der Waals surface area contributed by atoms with Crippen molar-refractivity contribution in [3.63, 3.8) is 0 Å². The van der Waals surface area contributed by atoms with Gasteiger partial charge in [0.2, 0.25) is 0 Å². The molecule has 0 amide bonds. The number of hydrogen-bond acceptors (Lipinski definition) is 6. The van der Waals surface area contributed by atoms with Gasteiger partial charge in [-0.05, 0) is 48.1 Å². The molecule has 0 radical (unpaired) electrons. The number of carbonyl (C=O) groups excluding carboxylic acids is 1. The van der Waals surface area contributed by atoms with Crippen LogP contribution in [0.3, 0.4) is 0 Å². The molecule has 0 spiro atoms. The standard InChI is InChI=1S/C27H29N3O3S/c1-5-8-21-23(26(32)33-6-2)24(20-12-10-19(11-13-20)17(3)4)30-25(31)22(34-27(30)29-21)15-18-9-7-14-28-16-18/h7,9-17,24H,5-6,8H2,1-4H3/b22-15-/t24-/m1/s1. The predicted molar refractivity (Wildman–Crippen MR) is 134 cm³/mol. The summed E-state index contributed by atoms with van der Waals surface area (Å²) in [5, 5.41) is 0. The third kappa shape index (κ3) is 4.66. The molecule has 0 bridgehead atoms. The fourth-order valence-electron chi connectivity index (χ4n) is 4.11. The van der Waals surface area contributed by atoms with E-state index < -0.39 is 12.0 Å². The van der Waals surface area contributed by atoms with Crippen LogP contribution in [0.5, 0.6) is 0 Å². The summed E-state index contributed by atoms with van der Waals surface area (Å²) in [6.07, 6.45) is 6.69. The van der Waals surface area contributed by atoms with E-state index in [0.29, 0.717) is 32.9 Å². The van der Waals surface area contributed by atoms with Crippen LogP contribution in [-0.2, 0) is 9.53 Å². The minimum Gasteiger partial charge on any atom is -0.463 e. The Bertz CT molecular complexity index is 1380. The van der Waals surface area contributed by atoms with Gasteiger partial charge in [-0.3, -0.25) is 14.3 Å². The Morgan fingerprint density at radius 2 is 1.97 bits per heavy atom. The number of ether oxygens (including phenoxy) is 1. The van der Waals surface area contributed by atoms with E-state index in [4.69, 9.17) is 9.73 Å². The average molecular weight is 476 g/mol.